The molecule has 5 rings (SSSR count). The molecule has 0 radical (unpaired) electrons. The minimum atomic E-state index is 0.122. The quantitative estimate of drug-likeness (QED) is 0.205. The van der Waals surface area contributed by atoms with E-state index in [0.29, 0.717) is 12.3 Å². The number of aromatic nitrogens is 2. The van der Waals surface area contributed by atoms with E-state index < -0.39 is 0 Å². The van der Waals surface area contributed by atoms with Crippen LogP contribution in [0.4, 0.5) is 11.6 Å². The summed E-state index contributed by atoms with van der Waals surface area (Å²) in [6.45, 7) is 8.18. The maximum Gasteiger partial charge on any atom is 0.230 e. The highest BCUT2D eigenvalue weighted by Crippen LogP contribution is 2.40. The first-order chi connectivity index (χ1) is 19.0. The van der Waals surface area contributed by atoms with Gasteiger partial charge in [-0.2, -0.15) is 5.10 Å². The summed E-state index contributed by atoms with van der Waals surface area (Å²) in [5.41, 5.74) is 11.3. The van der Waals surface area contributed by atoms with Crippen LogP contribution in [0, 0.1) is 18.8 Å². The molecule has 1 amide bonds. The van der Waals surface area contributed by atoms with Gasteiger partial charge in [-0.25, -0.2) is 15.0 Å². The maximum absolute atomic E-state index is 12.3. The summed E-state index contributed by atoms with van der Waals surface area (Å²) >= 11 is 1.68. The molecule has 0 spiro atoms. The number of imidazole rings is 1. The first-order valence-corrected chi connectivity index (χ1v) is 14.0. The fourth-order valence-electron chi connectivity index (χ4n) is 5.01. The Hall–Kier alpha value is -3.87. The Morgan fingerprint density at radius 1 is 1.23 bits per heavy atom. The van der Waals surface area contributed by atoms with Gasteiger partial charge >= 0.3 is 0 Å². The molecule has 1 unspecified atom stereocenters. The number of piperidine rings is 1. The molecule has 0 bridgehead atoms. The molecular formula is C30H33N7OS. The average molecular weight is 540 g/mol. The second-order valence-corrected chi connectivity index (χ2v) is 10.8. The Morgan fingerprint density at radius 3 is 2.77 bits per heavy atom. The lowest BCUT2D eigenvalue weighted by molar-refractivity contribution is -0.117. The zero-order chi connectivity index (χ0) is 27.4. The Labute approximate surface area is 234 Å². The van der Waals surface area contributed by atoms with Gasteiger partial charge < -0.3 is 15.2 Å². The van der Waals surface area contributed by atoms with Gasteiger partial charge in [0.15, 0.2) is 0 Å². The summed E-state index contributed by atoms with van der Waals surface area (Å²) in [7, 11) is 0. The summed E-state index contributed by atoms with van der Waals surface area (Å²) in [5.74, 6) is 7.01. The predicted molar refractivity (Wildman–Crippen MR) is 158 cm³/mol. The van der Waals surface area contributed by atoms with Gasteiger partial charge in [-0.05, 0) is 51.8 Å². The third-order valence-electron chi connectivity index (χ3n) is 6.95. The summed E-state index contributed by atoms with van der Waals surface area (Å²) < 4.78 is 2.12. The van der Waals surface area contributed by atoms with Gasteiger partial charge in [0.1, 0.15) is 5.69 Å². The lowest BCUT2D eigenvalue weighted by Crippen LogP contribution is -2.44. The van der Waals surface area contributed by atoms with E-state index in [1.807, 2.05) is 57.2 Å². The van der Waals surface area contributed by atoms with Crippen LogP contribution in [0.25, 0.3) is 0 Å². The largest absolute Gasteiger partial charge is 0.341 e. The van der Waals surface area contributed by atoms with Crippen molar-refractivity contribution in [2.45, 2.75) is 56.0 Å². The fraction of sp³-hybridized carbons (Fsp3) is 0.333. The van der Waals surface area contributed by atoms with E-state index in [2.05, 4.69) is 33.4 Å². The fourth-order valence-corrected chi connectivity index (χ4v) is 6.05. The molecule has 3 aromatic rings. The monoisotopic (exact) mass is 539 g/mol. The van der Waals surface area contributed by atoms with Crippen LogP contribution in [0.5, 0.6) is 0 Å². The number of hydrazone groups is 1. The first kappa shape index (κ1) is 26.7. The number of benzene rings is 2. The van der Waals surface area contributed by atoms with Crippen molar-refractivity contribution < 1.29 is 4.79 Å². The van der Waals surface area contributed by atoms with Gasteiger partial charge in [-0.15, -0.1) is 5.92 Å². The molecule has 2 aliphatic heterocycles. The van der Waals surface area contributed by atoms with Crippen molar-refractivity contribution in [2.24, 2.45) is 15.8 Å². The molecule has 39 heavy (non-hydrogen) atoms. The van der Waals surface area contributed by atoms with E-state index in [9.17, 15) is 4.79 Å². The van der Waals surface area contributed by atoms with Crippen molar-refractivity contribution in [3.8, 4) is 11.8 Å². The highest BCUT2D eigenvalue weighted by Gasteiger charge is 2.25. The Morgan fingerprint density at radius 2 is 2.00 bits per heavy atom. The molecule has 1 atom stereocenters. The second-order valence-electron chi connectivity index (χ2n) is 9.72. The summed E-state index contributed by atoms with van der Waals surface area (Å²) in [6, 6.07) is 16.3. The topological polar surface area (TPSA) is 92.1 Å². The van der Waals surface area contributed by atoms with Crippen LogP contribution in [-0.4, -0.2) is 58.1 Å². The van der Waals surface area contributed by atoms with Gasteiger partial charge in [-0.3, -0.25) is 4.79 Å². The van der Waals surface area contributed by atoms with Gasteiger partial charge in [0.05, 0.1) is 30.2 Å². The zero-order valence-corrected chi connectivity index (χ0v) is 23.4. The molecule has 2 aromatic carbocycles. The van der Waals surface area contributed by atoms with E-state index in [0.717, 1.165) is 76.4 Å². The molecule has 0 saturated carbocycles. The molecule has 2 aliphatic rings. The molecular weight excluding hydrogens is 506 g/mol. The van der Waals surface area contributed by atoms with E-state index in [1.54, 1.807) is 11.8 Å². The van der Waals surface area contributed by atoms with Crippen LogP contribution in [0.3, 0.4) is 0 Å². The first-order valence-electron chi connectivity index (χ1n) is 13.2. The highest BCUT2D eigenvalue weighted by molar-refractivity contribution is 7.99. The van der Waals surface area contributed by atoms with Crippen molar-refractivity contribution in [1.82, 2.24) is 14.6 Å². The Balaban J connectivity index is 1.48. The second kappa shape index (κ2) is 11.9. The van der Waals surface area contributed by atoms with E-state index in [-0.39, 0.29) is 12.6 Å². The van der Waals surface area contributed by atoms with Crippen LogP contribution in [0.15, 0.2) is 68.4 Å². The number of amides is 1. The van der Waals surface area contributed by atoms with Gasteiger partial charge in [0.2, 0.25) is 12.4 Å². The van der Waals surface area contributed by atoms with E-state index in [1.165, 1.54) is 5.01 Å². The minimum absolute atomic E-state index is 0.122. The van der Waals surface area contributed by atoms with Crippen molar-refractivity contribution >= 4 is 41.2 Å². The van der Waals surface area contributed by atoms with E-state index >= 15 is 0 Å². The van der Waals surface area contributed by atoms with Crippen LogP contribution in [0.1, 0.15) is 43.6 Å². The summed E-state index contributed by atoms with van der Waals surface area (Å²) in [6.07, 6.45) is 2.79. The highest BCUT2D eigenvalue weighted by atomic mass is 32.2. The molecule has 0 aliphatic carbocycles. The normalized spacial score (nSPS) is 16.8. The molecule has 1 aromatic heterocycles. The van der Waals surface area contributed by atoms with Crippen LogP contribution < -0.4 is 10.6 Å². The Bertz CT molecular complexity index is 1500. The van der Waals surface area contributed by atoms with Gasteiger partial charge in [0.25, 0.3) is 0 Å². The number of nitrogens with two attached hydrogens (primary N) is 1. The van der Waals surface area contributed by atoms with Crippen molar-refractivity contribution in [3.63, 3.8) is 0 Å². The Kier molecular flexibility index (Phi) is 8.15. The lowest BCUT2D eigenvalue weighted by Gasteiger charge is -2.31. The average Bonchev–Trinajstić information content (AvgIpc) is 3.18. The smallest absolute Gasteiger partial charge is 0.230 e. The molecule has 9 heteroatoms. The third-order valence-corrected chi connectivity index (χ3v) is 8.09. The van der Waals surface area contributed by atoms with Crippen LogP contribution in [-0.2, 0) is 11.3 Å². The number of para-hydroxylation sites is 1. The number of carbonyl (C=O) groups is 1. The zero-order valence-electron chi connectivity index (χ0n) is 22.6. The number of anilines is 1. The van der Waals surface area contributed by atoms with Gasteiger partial charge in [-0.1, -0.05) is 48.0 Å². The van der Waals surface area contributed by atoms with Crippen LogP contribution in [0.2, 0.25) is 0 Å². The van der Waals surface area contributed by atoms with Crippen molar-refractivity contribution in [1.29, 1.82) is 0 Å². The number of nitrogens with zero attached hydrogens (tertiary/aromatic N) is 6. The molecule has 3 heterocycles. The molecule has 8 nitrogen and oxygen atoms in total. The predicted octanol–water partition coefficient (Wildman–Crippen LogP) is 4.61. The van der Waals surface area contributed by atoms with Crippen LogP contribution >= 0.6 is 11.8 Å². The number of hydrogen-bond donors (Lipinski definition) is 1. The standard InChI is InChI=1S/C30H33N7OS/c1-4-5-17-37-22(3)29(33-30(37)35-16-10-11-23(31)18-35)21(2)34-36(20-38)19-26-24-12-6-8-14-27(24)39-28-15-9-7-13-25(28)32-26/h6-9,12-15,20,23H,10-11,16-19,31H2,1-3H3/b34-21-. The number of aliphatic imine (C=N–C) groups is 1. The van der Waals surface area contributed by atoms with Crippen molar-refractivity contribution in [3.05, 3.63) is 65.5 Å². The van der Waals surface area contributed by atoms with E-state index in [4.69, 9.17) is 20.8 Å². The SMILES string of the molecule is CC#CCn1c(N2CCCC(N)C2)nc(/C(C)=N\N(C=O)CC2=Nc3ccccc3Sc3ccccc32)c1C. The molecule has 2 N–H and O–H groups in total. The maximum atomic E-state index is 12.3. The number of carbonyl (C=O) groups excluding carboxylic acids is 1. The lowest BCUT2D eigenvalue weighted by atomic mass is 10.1. The number of fused-ring (bicyclic) bond motifs is 2. The van der Waals surface area contributed by atoms with Gasteiger partial charge in [0, 0.05) is 40.2 Å². The molecule has 1 saturated heterocycles. The number of rotatable bonds is 7. The molecule has 1 fully saturated rings. The van der Waals surface area contributed by atoms with Crippen molar-refractivity contribution in [2.75, 3.05) is 24.5 Å². The third kappa shape index (κ3) is 5.77. The number of hydrogen-bond acceptors (Lipinski definition) is 7. The minimum Gasteiger partial charge on any atom is -0.341 e. The molecule has 200 valence electrons. The summed E-state index contributed by atoms with van der Waals surface area (Å²) in [5, 5.41) is 6.12. The summed E-state index contributed by atoms with van der Waals surface area (Å²) in [4.78, 5) is 26.6.